The van der Waals surface area contributed by atoms with Crippen LogP contribution in [-0.2, 0) is 5.60 Å². The molecule has 0 unspecified atom stereocenters. The van der Waals surface area contributed by atoms with E-state index >= 15 is 0 Å². The van der Waals surface area contributed by atoms with Crippen LogP contribution in [0.1, 0.15) is 35.5 Å². The number of nitrogens with zero attached hydrogens (tertiary/aromatic N) is 3. The zero-order valence-electron chi connectivity index (χ0n) is 14.6. The van der Waals surface area contributed by atoms with Crippen LogP contribution in [-0.4, -0.2) is 20.1 Å². The topological polar surface area (TPSA) is 70.9 Å². The summed E-state index contributed by atoms with van der Waals surface area (Å²) in [5.74, 6) is 0.511. The molecule has 1 aromatic carbocycles. The van der Waals surface area contributed by atoms with Gasteiger partial charge in [-0.05, 0) is 56.4 Å². The Morgan fingerprint density at radius 2 is 1.96 bits per heavy atom. The van der Waals surface area contributed by atoms with Crippen LogP contribution in [0.4, 0.5) is 11.6 Å². The quantitative estimate of drug-likeness (QED) is 0.661. The Hall–Kier alpha value is -2.02. The van der Waals surface area contributed by atoms with E-state index in [-0.39, 0.29) is 0 Å². The summed E-state index contributed by atoms with van der Waals surface area (Å²) in [6, 6.07) is 6.20. The SMILES string of the molecule is Cc1cc(Nc2ncc(Cl)c(C)n2)cc(-c2cnc(C3(O)CCC3)s2)c1. The summed E-state index contributed by atoms with van der Waals surface area (Å²) in [5, 5.41) is 15.1. The van der Waals surface area contributed by atoms with E-state index in [1.807, 2.05) is 32.2 Å². The van der Waals surface area contributed by atoms with E-state index in [1.165, 1.54) is 0 Å². The third-order valence-corrected chi connectivity index (χ3v) is 6.23. The maximum atomic E-state index is 10.5. The molecule has 0 atom stereocenters. The van der Waals surface area contributed by atoms with Crippen LogP contribution in [0.5, 0.6) is 0 Å². The van der Waals surface area contributed by atoms with Gasteiger partial charge in [-0.3, -0.25) is 0 Å². The van der Waals surface area contributed by atoms with Crippen molar-refractivity contribution in [2.45, 2.75) is 38.7 Å². The van der Waals surface area contributed by atoms with Crippen LogP contribution >= 0.6 is 22.9 Å². The third-order valence-electron chi connectivity index (χ3n) is 4.62. The minimum atomic E-state index is -0.720. The number of benzene rings is 1. The molecule has 0 saturated heterocycles. The van der Waals surface area contributed by atoms with Gasteiger partial charge in [-0.2, -0.15) is 0 Å². The van der Waals surface area contributed by atoms with Crippen molar-refractivity contribution in [2.75, 3.05) is 5.32 Å². The standard InChI is InChI=1S/C19H19ClN4OS/c1-11-6-13(16-10-21-17(26-16)19(25)4-3-5-19)8-14(7-11)24-18-22-9-15(20)12(2)23-18/h6-10,25H,3-5H2,1-2H3,(H,22,23,24). The van der Waals surface area contributed by atoms with Crippen molar-refractivity contribution >= 4 is 34.6 Å². The van der Waals surface area contributed by atoms with Crippen molar-refractivity contribution in [1.29, 1.82) is 0 Å². The van der Waals surface area contributed by atoms with E-state index in [4.69, 9.17) is 11.6 Å². The minimum Gasteiger partial charge on any atom is -0.383 e. The molecule has 0 aliphatic heterocycles. The third kappa shape index (κ3) is 3.32. The summed E-state index contributed by atoms with van der Waals surface area (Å²) < 4.78 is 0. The van der Waals surface area contributed by atoms with Crippen molar-refractivity contribution in [3.8, 4) is 10.4 Å². The number of aromatic nitrogens is 3. The maximum absolute atomic E-state index is 10.5. The number of aliphatic hydroxyl groups is 1. The molecule has 3 aromatic rings. The lowest BCUT2D eigenvalue weighted by atomic mass is 9.81. The smallest absolute Gasteiger partial charge is 0.227 e. The molecule has 1 aliphatic rings. The van der Waals surface area contributed by atoms with Gasteiger partial charge in [-0.25, -0.2) is 15.0 Å². The molecule has 2 heterocycles. The molecule has 4 rings (SSSR count). The molecule has 7 heteroatoms. The largest absolute Gasteiger partial charge is 0.383 e. The van der Waals surface area contributed by atoms with Crippen molar-refractivity contribution in [2.24, 2.45) is 0 Å². The predicted octanol–water partition coefficient (Wildman–Crippen LogP) is 4.99. The molecule has 134 valence electrons. The van der Waals surface area contributed by atoms with Crippen LogP contribution in [0.25, 0.3) is 10.4 Å². The van der Waals surface area contributed by atoms with Gasteiger partial charge in [0.25, 0.3) is 0 Å². The van der Waals surface area contributed by atoms with Gasteiger partial charge in [0.15, 0.2) is 0 Å². The number of hydrogen-bond acceptors (Lipinski definition) is 6. The van der Waals surface area contributed by atoms with Crippen molar-refractivity contribution in [1.82, 2.24) is 15.0 Å². The molecule has 0 amide bonds. The average Bonchev–Trinajstić information content (AvgIpc) is 3.06. The molecule has 2 N–H and O–H groups in total. The Labute approximate surface area is 161 Å². The minimum absolute atomic E-state index is 0.511. The number of anilines is 2. The molecular formula is C19H19ClN4OS. The first kappa shape index (κ1) is 17.4. The van der Waals surface area contributed by atoms with Crippen LogP contribution < -0.4 is 5.32 Å². The van der Waals surface area contributed by atoms with E-state index in [2.05, 4.69) is 26.3 Å². The molecule has 1 aliphatic carbocycles. The van der Waals surface area contributed by atoms with Crippen molar-refractivity contribution < 1.29 is 5.11 Å². The molecule has 2 aromatic heterocycles. The number of rotatable bonds is 4. The summed E-state index contributed by atoms with van der Waals surface area (Å²) in [4.78, 5) is 14.1. The lowest BCUT2D eigenvalue weighted by Gasteiger charge is -2.34. The lowest BCUT2D eigenvalue weighted by molar-refractivity contribution is -0.0389. The molecule has 0 bridgehead atoms. The Balaban J connectivity index is 1.63. The van der Waals surface area contributed by atoms with Crippen LogP contribution in [0.15, 0.2) is 30.6 Å². The molecule has 0 spiro atoms. The first-order chi connectivity index (χ1) is 12.4. The zero-order valence-corrected chi connectivity index (χ0v) is 16.2. The lowest BCUT2D eigenvalue weighted by Crippen LogP contribution is -2.33. The highest BCUT2D eigenvalue weighted by molar-refractivity contribution is 7.15. The van der Waals surface area contributed by atoms with Crippen LogP contribution in [0.2, 0.25) is 5.02 Å². The Kier molecular flexibility index (Phi) is 4.42. The first-order valence-electron chi connectivity index (χ1n) is 8.50. The highest BCUT2D eigenvalue weighted by atomic mass is 35.5. The Morgan fingerprint density at radius 1 is 1.15 bits per heavy atom. The summed E-state index contributed by atoms with van der Waals surface area (Å²) in [5.41, 5.74) is 3.09. The fraction of sp³-hybridized carbons (Fsp3) is 0.316. The van der Waals surface area contributed by atoms with Gasteiger partial charge in [0.2, 0.25) is 5.95 Å². The predicted molar refractivity (Wildman–Crippen MR) is 105 cm³/mol. The summed E-state index contributed by atoms with van der Waals surface area (Å²) >= 11 is 7.55. The van der Waals surface area contributed by atoms with E-state index < -0.39 is 5.60 Å². The number of hydrogen-bond donors (Lipinski definition) is 2. The summed E-state index contributed by atoms with van der Waals surface area (Å²) in [7, 11) is 0. The molecule has 26 heavy (non-hydrogen) atoms. The normalized spacial score (nSPS) is 15.5. The zero-order chi connectivity index (χ0) is 18.3. The Morgan fingerprint density at radius 3 is 2.65 bits per heavy atom. The number of nitrogens with one attached hydrogen (secondary N) is 1. The van der Waals surface area contributed by atoms with Crippen molar-refractivity contribution in [3.05, 3.63) is 51.9 Å². The van der Waals surface area contributed by atoms with Gasteiger partial charge < -0.3 is 10.4 Å². The summed E-state index contributed by atoms with van der Waals surface area (Å²) in [6.07, 6.45) is 6.10. The summed E-state index contributed by atoms with van der Waals surface area (Å²) in [6.45, 7) is 3.89. The highest BCUT2D eigenvalue weighted by Gasteiger charge is 2.39. The molecule has 0 radical (unpaired) electrons. The average molecular weight is 387 g/mol. The molecule has 1 fully saturated rings. The second-order valence-corrected chi connectivity index (χ2v) is 8.19. The van der Waals surface area contributed by atoms with Crippen molar-refractivity contribution in [3.63, 3.8) is 0 Å². The van der Waals surface area contributed by atoms with Gasteiger partial charge in [0.05, 0.1) is 21.8 Å². The highest BCUT2D eigenvalue weighted by Crippen LogP contribution is 2.44. The first-order valence-corrected chi connectivity index (χ1v) is 9.69. The fourth-order valence-electron chi connectivity index (χ4n) is 2.99. The van der Waals surface area contributed by atoms with E-state index in [1.54, 1.807) is 17.5 Å². The number of aryl methyl sites for hydroxylation is 2. The second-order valence-electron chi connectivity index (χ2n) is 6.75. The Bertz CT molecular complexity index is 968. The van der Waals surface area contributed by atoms with Crippen LogP contribution in [0, 0.1) is 13.8 Å². The van der Waals surface area contributed by atoms with Gasteiger partial charge in [0, 0.05) is 11.9 Å². The van der Waals surface area contributed by atoms with Gasteiger partial charge in [-0.1, -0.05) is 17.7 Å². The number of halogens is 1. The van der Waals surface area contributed by atoms with Gasteiger partial charge in [0.1, 0.15) is 10.6 Å². The maximum Gasteiger partial charge on any atom is 0.227 e. The molecular weight excluding hydrogens is 368 g/mol. The van der Waals surface area contributed by atoms with Gasteiger partial charge in [-0.15, -0.1) is 11.3 Å². The second kappa shape index (κ2) is 6.61. The van der Waals surface area contributed by atoms with E-state index in [0.29, 0.717) is 11.0 Å². The molecule has 5 nitrogen and oxygen atoms in total. The molecule has 1 saturated carbocycles. The van der Waals surface area contributed by atoms with E-state index in [0.717, 1.165) is 51.7 Å². The van der Waals surface area contributed by atoms with Gasteiger partial charge >= 0.3 is 0 Å². The van der Waals surface area contributed by atoms with E-state index in [9.17, 15) is 5.11 Å². The van der Waals surface area contributed by atoms with Crippen LogP contribution in [0.3, 0.4) is 0 Å². The fourth-order valence-corrected chi connectivity index (χ4v) is 4.13. The monoisotopic (exact) mass is 386 g/mol. The number of thiazole rings is 1.